The lowest BCUT2D eigenvalue weighted by molar-refractivity contribution is -0.686. The normalized spacial score (nSPS) is 9.00. The van der Waals surface area contributed by atoms with Gasteiger partial charge in [0.25, 0.3) is 0 Å². The summed E-state index contributed by atoms with van der Waals surface area (Å²) in [6, 6.07) is 3.79. The molecule has 0 atom stereocenters. The van der Waals surface area contributed by atoms with Gasteiger partial charge in [0.1, 0.15) is 0 Å². The second-order valence-electron chi connectivity index (χ2n) is 2.30. The Kier molecular flexibility index (Phi) is 5.50. The van der Waals surface area contributed by atoms with E-state index in [2.05, 4.69) is 0 Å². The van der Waals surface area contributed by atoms with Crippen LogP contribution in [0.4, 0.5) is 0 Å². The van der Waals surface area contributed by atoms with Crippen molar-refractivity contribution in [3.05, 3.63) is 24.5 Å². The number of carboxylic acids is 1. The van der Waals surface area contributed by atoms with E-state index in [0.29, 0.717) is 0 Å². The molecule has 1 aromatic heterocycles. The minimum Gasteiger partial charge on any atom is -1.00 e. The number of carboxylic acid groups (broad SMARTS) is 1. The molecule has 1 aromatic rings. The molecule has 1 heterocycles. The maximum Gasteiger partial charge on any atom is 0.370 e. The Bertz CT molecular complexity index is 276. The third-order valence-corrected chi connectivity index (χ3v) is 2.16. The van der Waals surface area contributed by atoms with Crippen molar-refractivity contribution < 1.29 is 26.9 Å². The number of carbonyl (C=O) groups is 1. The molecule has 1 rings (SSSR count). The van der Waals surface area contributed by atoms with Crippen molar-refractivity contribution >= 4 is 17.7 Å². The van der Waals surface area contributed by atoms with Crippen LogP contribution in [0.5, 0.6) is 0 Å². The molecule has 0 spiro atoms. The second kappa shape index (κ2) is 5.83. The van der Waals surface area contributed by atoms with Gasteiger partial charge < -0.3 is 17.5 Å². The lowest BCUT2D eigenvalue weighted by Crippen LogP contribution is -3.00. The van der Waals surface area contributed by atoms with Gasteiger partial charge in [-0.25, -0.2) is 4.79 Å². The fourth-order valence-corrected chi connectivity index (χ4v) is 1.24. The van der Waals surface area contributed by atoms with Crippen molar-refractivity contribution in [3.8, 4) is 0 Å². The highest BCUT2D eigenvalue weighted by Gasteiger charge is 2.05. The highest BCUT2D eigenvalue weighted by Crippen LogP contribution is 2.10. The molecular weight excluding hydrogens is 210 g/mol. The first-order chi connectivity index (χ1) is 5.72. The van der Waals surface area contributed by atoms with Crippen molar-refractivity contribution in [2.45, 2.75) is 11.4 Å². The van der Waals surface area contributed by atoms with E-state index in [-0.39, 0.29) is 19.0 Å². The Labute approximate surface area is 87.2 Å². The fourth-order valence-electron chi connectivity index (χ4n) is 0.841. The van der Waals surface area contributed by atoms with Crippen LogP contribution in [0.3, 0.4) is 0 Å². The zero-order chi connectivity index (χ0) is 8.97. The van der Waals surface area contributed by atoms with E-state index in [1.54, 1.807) is 28.7 Å². The van der Waals surface area contributed by atoms with E-state index in [0.717, 1.165) is 4.90 Å². The predicted molar refractivity (Wildman–Crippen MR) is 46.1 cm³/mol. The molecule has 0 aromatic carbocycles. The van der Waals surface area contributed by atoms with Crippen LogP contribution in [0.2, 0.25) is 0 Å². The van der Waals surface area contributed by atoms with Crippen LogP contribution < -0.4 is 17.0 Å². The quantitative estimate of drug-likeness (QED) is 0.463. The van der Waals surface area contributed by atoms with Crippen LogP contribution in [-0.2, 0) is 11.3 Å². The Morgan fingerprint density at radius 1 is 1.54 bits per heavy atom. The number of thioether (sulfide) groups is 1. The first-order valence-electron chi connectivity index (χ1n) is 3.47. The van der Waals surface area contributed by atoms with Crippen LogP contribution in [0.1, 0.15) is 0 Å². The molecule has 0 amide bonds. The number of rotatable bonds is 3. The third kappa shape index (κ3) is 4.15. The van der Waals surface area contributed by atoms with Gasteiger partial charge in [-0.3, -0.25) is 0 Å². The lowest BCUT2D eigenvalue weighted by Gasteiger charge is -1.93. The molecule has 0 aliphatic heterocycles. The van der Waals surface area contributed by atoms with Crippen LogP contribution >= 0.6 is 11.8 Å². The summed E-state index contributed by atoms with van der Waals surface area (Å²) in [6.45, 7) is 0.0225. The Morgan fingerprint density at radius 2 is 2.08 bits per heavy atom. The summed E-state index contributed by atoms with van der Waals surface area (Å²) >= 11 is 1.64. The van der Waals surface area contributed by atoms with Gasteiger partial charge in [0.2, 0.25) is 6.54 Å². The van der Waals surface area contributed by atoms with Gasteiger partial charge in [-0.05, 0) is 6.26 Å². The molecule has 0 fully saturated rings. The molecule has 5 heteroatoms. The summed E-state index contributed by atoms with van der Waals surface area (Å²) < 4.78 is 1.63. The summed E-state index contributed by atoms with van der Waals surface area (Å²) in [5, 5.41) is 8.47. The monoisotopic (exact) mass is 219 g/mol. The lowest BCUT2D eigenvalue weighted by atomic mass is 10.5. The summed E-state index contributed by atoms with van der Waals surface area (Å²) in [7, 11) is 0. The molecule has 13 heavy (non-hydrogen) atoms. The topological polar surface area (TPSA) is 41.2 Å². The number of aromatic nitrogens is 1. The molecule has 0 bridgehead atoms. The minimum atomic E-state index is -0.822. The third-order valence-electron chi connectivity index (χ3n) is 1.41. The summed E-state index contributed by atoms with van der Waals surface area (Å²) in [5.74, 6) is -0.822. The smallest absolute Gasteiger partial charge is 0.370 e. The van der Waals surface area contributed by atoms with E-state index >= 15 is 0 Å². The minimum absolute atomic E-state index is 0. The summed E-state index contributed by atoms with van der Waals surface area (Å²) in [6.07, 6.45) is 5.51. The van der Waals surface area contributed by atoms with Crippen molar-refractivity contribution in [3.63, 3.8) is 0 Å². The molecule has 0 radical (unpaired) electrons. The number of pyridine rings is 1. The van der Waals surface area contributed by atoms with E-state index in [9.17, 15) is 4.79 Å². The van der Waals surface area contributed by atoms with Gasteiger partial charge in [0.15, 0.2) is 12.4 Å². The number of hydrogen-bond acceptors (Lipinski definition) is 2. The average molecular weight is 220 g/mol. The molecule has 72 valence electrons. The average Bonchev–Trinajstić information content (AvgIpc) is 2.05. The highest BCUT2D eigenvalue weighted by atomic mass is 35.5. The van der Waals surface area contributed by atoms with Gasteiger partial charge in [0.05, 0.1) is 0 Å². The van der Waals surface area contributed by atoms with Crippen molar-refractivity contribution in [2.24, 2.45) is 0 Å². The molecular formula is C8H10ClNO2S. The SMILES string of the molecule is CSc1cc[n+](CC(=O)O)cc1.[Cl-]. The predicted octanol–water partition coefficient (Wildman–Crippen LogP) is -2.22. The van der Waals surface area contributed by atoms with Gasteiger partial charge in [-0.15, -0.1) is 11.8 Å². The zero-order valence-electron chi connectivity index (χ0n) is 7.11. The molecule has 0 aliphatic carbocycles. The van der Waals surface area contributed by atoms with Gasteiger partial charge >= 0.3 is 5.97 Å². The van der Waals surface area contributed by atoms with Crippen LogP contribution in [0.25, 0.3) is 0 Å². The Hall–Kier alpha value is -0.740. The molecule has 0 saturated heterocycles. The van der Waals surface area contributed by atoms with Crippen LogP contribution in [-0.4, -0.2) is 17.3 Å². The van der Waals surface area contributed by atoms with Gasteiger partial charge in [0, 0.05) is 17.0 Å². The molecule has 0 saturated carbocycles. The van der Waals surface area contributed by atoms with E-state index < -0.39 is 5.97 Å². The van der Waals surface area contributed by atoms with Crippen molar-refractivity contribution in [1.29, 1.82) is 0 Å². The Morgan fingerprint density at radius 3 is 2.46 bits per heavy atom. The van der Waals surface area contributed by atoms with E-state index in [1.807, 2.05) is 18.4 Å². The maximum atomic E-state index is 10.3. The van der Waals surface area contributed by atoms with Gasteiger partial charge in [-0.2, -0.15) is 4.57 Å². The second-order valence-corrected chi connectivity index (χ2v) is 3.18. The van der Waals surface area contributed by atoms with E-state index in [1.165, 1.54) is 0 Å². The summed E-state index contributed by atoms with van der Waals surface area (Å²) in [4.78, 5) is 11.4. The molecule has 0 aliphatic rings. The maximum absolute atomic E-state index is 10.3. The number of aliphatic carboxylic acids is 1. The number of hydrogen-bond donors (Lipinski definition) is 1. The van der Waals surface area contributed by atoms with Crippen LogP contribution in [0, 0.1) is 0 Å². The van der Waals surface area contributed by atoms with Gasteiger partial charge in [-0.1, -0.05) is 0 Å². The molecule has 1 N–H and O–H groups in total. The van der Waals surface area contributed by atoms with Crippen molar-refractivity contribution in [1.82, 2.24) is 0 Å². The van der Waals surface area contributed by atoms with Crippen molar-refractivity contribution in [2.75, 3.05) is 6.26 Å². The zero-order valence-corrected chi connectivity index (χ0v) is 8.68. The van der Waals surface area contributed by atoms with Crippen LogP contribution in [0.15, 0.2) is 29.4 Å². The first kappa shape index (κ1) is 12.3. The first-order valence-corrected chi connectivity index (χ1v) is 4.70. The highest BCUT2D eigenvalue weighted by molar-refractivity contribution is 7.98. The standard InChI is InChI=1S/C8H9NO2S.ClH/c1-12-7-2-4-9(5-3-7)6-8(10)11;/h2-5H,6H2,1H3;1H. The Balaban J connectivity index is 0.00000144. The number of nitrogens with zero attached hydrogens (tertiary/aromatic N) is 1. The van der Waals surface area contributed by atoms with E-state index in [4.69, 9.17) is 5.11 Å². The molecule has 3 nitrogen and oxygen atoms in total. The fraction of sp³-hybridized carbons (Fsp3) is 0.250. The number of halogens is 1. The summed E-state index contributed by atoms with van der Waals surface area (Å²) in [5.41, 5.74) is 0. The largest absolute Gasteiger partial charge is 1.00 e. The molecule has 0 unspecified atom stereocenters.